The molecule has 0 fully saturated rings. The first-order valence-electron chi connectivity index (χ1n) is 7.03. The molecule has 0 aliphatic rings. The molecule has 2 heterocycles. The molecule has 0 aliphatic carbocycles. The van der Waals surface area contributed by atoms with Crippen LogP contribution in [0, 0.1) is 13.8 Å². The lowest BCUT2D eigenvalue weighted by Gasteiger charge is -2.08. The molecule has 0 saturated heterocycles. The number of nitrogens with zero attached hydrogens (tertiary/aromatic N) is 3. The summed E-state index contributed by atoms with van der Waals surface area (Å²) in [4.78, 5) is 13.4. The zero-order valence-electron chi connectivity index (χ0n) is 12.3. The predicted molar refractivity (Wildman–Crippen MR) is 91.9 cm³/mol. The molecule has 0 amide bonds. The van der Waals surface area contributed by atoms with E-state index in [1.54, 1.807) is 11.3 Å². The summed E-state index contributed by atoms with van der Waals surface area (Å²) in [6.07, 6.45) is 1.85. The van der Waals surface area contributed by atoms with Crippen molar-refractivity contribution in [2.24, 2.45) is 0 Å². The number of benzene rings is 2. The highest BCUT2D eigenvalue weighted by molar-refractivity contribution is 7.17. The zero-order chi connectivity index (χ0) is 15.1. The van der Waals surface area contributed by atoms with E-state index in [9.17, 15) is 0 Å². The van der Waals surface area contributed by atoms with Crippen molar-refractivity contribution in [3.63, 3.8) is 0 Å². The van der Waals surface area contributed by atoms with Crippen LogP contribution in [0.3, 0.4) is 0 Å². The Morgan fingerprint density at radius 3 is 2.64 bits per heavy atom. The lowest BCUT2D eigenvalue weighted by molar-refractivity contribution is 1.21. The van der Waals surface area contributed by atoms with Crippen molar-refractivity contribution in [1.29, 1.82) is 0 Å². The SMILES string of the molecule is Cc1cc(C)cc(Nc2ncc3ccc4ncsc4c3n2)c1. The minimum absolute atomic E-state index is 0.610. The average molecular weight is 306 g/mol. The smallest absolute Gasteiger partial charge is 0.227 e. The van der Waals surface area contributed by atoms with E-state index < -0.39 is 0 Å². The van der Waals surface area contributed by atoms with Crippen LogP contribution in [0.4, 0.5) is 11.6 Å². The number of aromatic nitrogens is 3. The van der Waals surface area contributed by atoms with Gasteiger partial charge >= 0.3 is 0 Å². The van der Waals surface area contributed by atoms with E-state index in [-0.39, 0.29) is 0 Å². The highest BCUT2D eigenvalue weighted by Gasteiger charge is 2.07. The Bertz CT molecular complexity index is 970. The summed E-state index contributed by atoms with van der Waals surface area (Å²) in [7, 11) is 0. The van der Waals surface area contributed by atoms with E-state index in [1.807, 2.05) is 23.8 Å². The van der Waals surface area contributed by atoms with Crippen molar-refractivity contribution in [3.05, 3.63) is 53.2 Å². The van der Waals surface area contributed by atoms with Gasteiger partial charge in [-0.1, -0.05) is 6.07 Å². The summed E-state index contributed by atoms with van der Waals surface area (Å²) >= 11 is 1.61. The molecule has 22 heavy (non-hydrogen) atoms. The molecule has 5 heteroatoms. The van der Waals surface area contributed by atoms with Crippen molar-refractivity contribution in [2.45, 2.75) is 13.8 Å². The van der Waals surface area contributed by atoms with Gasteiger partial charge in [-0.2, -0.15) is 0 Å². The number of hydrogen-bond acceptors (Lipinski definition) is 5. The summed E-state index contributed by atoms with van der Waals surface area (Å²) in [5.41, 5.74) is 7.22. The zero-order valence-corrected chi connectivity index (χ0v) is 13.1. The quantitative estimate of drug-likeness (QED) is 0.588. The van der Waals surface area contributed by atoms with Gasteiger partial charge < -0.3 is 5.32 Å². The minimum Gasteiger partial charge on any atom is -0.324 e. The molecule has 0 saturated carbocycles. The molecule has 0 bridgehead atoms. The Kier molecular flexibility index (Phi) is 3.01. The summed E-state index contributed by atoms with van der Waals surface area (Å²) in [6, 6.07) is 10.3. The lowest BCUT2D eigenvalue weighted by atomic mass is 10.1. The molecule has 4 rings (SSSR count). The second-order valence-corrected chi connectivity index (χ2v) is 6.25. The molecule has 4 nitrogen and oxygen atoms in total. The first kappa shape index (κ1) is 13.2. The molecule has 2 aromatic carbocycles. The fraction of sp³-hybridized carbons (Fsp3) is 0.118. The van der Waals surface area contributed by atoms with Crippen LogP contribution in [0.1, 0.15) is 11.1 Å². The fourth-order valence-corrected chi connectivity index (χ4v) is 3.44. The van der Waals surface area contributed by atoms with E-state index in [2.05, 4.69) is 52.3 Å². The number of fused-ring (bicyclic) bond motifs is 3. The number of rotatable bonds is 2. The molecular weight excluding hydrogens is 292 g/mol. The van der Waals surface area contributed by atoms with Crippen LogP contribution in [0.25, 0.3) is 21.1 Å². The normalized spacial score (nSPS) is 11.2. The largest absolute Gasteiger partial charge is 0.324 e. The van der Waals surface area contributed by atoms with Crippen LogP contribution in [-0.4, -0.2) is 15.0 Å². The van der Waals surface area contributed by atoms with Crippen molar-refractivity contribution in [1.82, 2.24) is 15.0 Å². The number of nitrogens with one attached hydrogen (secondary N) is 1. The third-order valence-corrected chi connectivity index (χ3v) is 4.37. The van der Waals surface area contributed by atoms with Crippen molar-refractivity contribution >= 4 is 44.1 Å². The average Bonchev–Trinajstić information content (AvgIpc) is 2.95. The number of hydrogen-bond donors (Lipinski definition) is 1. The number of anilines is 2. The summed E-state index contributed by atoms with van der Waals surface area (Å²) < 4.78 is 1.10. The molecule has 0 spiro atoms. The maximum atomic E-state index is 4.68. The predicted octanol–water partition coefficient (Wildman–Crippen LogP) is 4.60. The van der Waals surface area contributed by atoms with Crippen LogP contribution in [-0.2, 0) is 0 Å². The van der Waals surface area contributed by atoms with Gasteiger partial charge in [0.2, 0.25) is 5.95 Å². The van der Waals surface area contributed by atoms with Gasteiger partial charge in [0.05, 0.1) is 21.2 Å². The summed E-state index contributed by atoms with van der Waals surface area (Å²) in [5.74, 6) is 0.610. The van der Waals surface area contributed by atoms with Gasteiger partial charge in [0, 0.05) is 17.3 Å². The molecule has 4 aromatic rings. The van der Waals surface area contributed by atoms with Gasteiger partial charge in [-0.25, -0.2) is 15.0 Å². The fourth-order valence-electron chi connectivity index (χ4n) is 2.65. The maximum Gasteiger partial charge on any atom is 0.227 e. The standard InChI is InChI=1S/C17H14N4S/c1-10-5-11(2)7-13(6-10)20-17-18-8-12-3-4-14-16(15(12)21-17)22-9-19-14/h3-9H,1-2H3,(H,18,20,21). The Labute approximate surface area is 131 Å². The van der Waals surface area contributed by atoms with Crippen molar-refractivity contribution < 1.29 is 0 Å². The van der Waals surface area contributed by atoms with Gasteiger partial charge in [-0.05, 0) is 49.2 Å². The van der Waals surface area contributed by atoms with Crippen LogP contribution in [0.5, 0.6) is 0 Å². The molecule has 108 valence electrons. The van der Waals surface area contributed by atoms with Gasteiger partial charge in [0.1, 0.15) is 0 Å². The molecule has 0 radical (unpaired) electrons. The van der Waals surface area contributed by atoms with E-state index in [0.717, 1.165) is 26.8 Å². The molecule has 0 aliphatic heterocycles. The van der Waals surface area contributed by atoms with Crippen LogP contribution in [0.2, 0.25) is 0 Å². The van der Waals surface area contributed by atoms with Crippen LogP contribution in [0.15, 0.2) is 42.0 Å². The van der Waals surface area contributed by atoms with Gasteiger partial charge in [0.25, 0.3) is 0 Å². The first-order valence-corrected chi connectivity index (χ1v) is 7.91. The Hall–Kier alpha value is -2.53. The molecule has 0 unspecified atom stereocenters. The monoisotopic (exact) mass is 306 g/mol. The Balaban J connectivity index is 1.81. The molecular formula is C17H14N4S. The van der Waals surface area contributed by atoms with Gasteiger partial charge in [0.15, 0.2) is 0 Å². The molecule has 2 aromatic heterocycles. The maximum absolute atomic E-state index is 4.68. The summed E-state index contributed by atoms with van der Waals surface area (Å²) in [5, 5.41) is 4.33. The van der Waals surface area contributed by atoms with Crippen LogP contribution >= 0.6 is 11.3 Å². The van der Waals surface area contributed by atoms with Crippen molar-refractivity contribution in [3.8, 4) is 0 Å². The van der Waals surface area contributed by atoms with E-state index in [1.165, 1.54) is 11.1 Å². The minimum atomic E-state index is 0.610. The lowest BCUT2D eigenvalue weighted by Crippen LogP contribution is -1.98. The summed E-state index contributed by atoms with van der Waals surface area (Å²) in [6.45, 7) is 4.17. The second-order valence-electron chi connectivity index (χ2n) is 5.40. The Morgan fingerprint density at radius 1 is 1.00 bits per heavy atom. The first-order chi connectivity index (χ1) is 10.7. The topological polar surface area (TPSA) is 50.7 Å². The van der Waals surface area contributed by atoms with E-state index in [0.29, 0.717) is 5.95 Å². The molecule has 0 atom stereocenters. The van der Waals surface area contributed by atoms with E-state index in [4.69, 9.17) is 0 Å². The third-order valence-electron chi connectivity index (χ3n) is 3.53. The molecule has 1 N–H and O–H groups in total. The third kappa shape index (κ3) is 2.29. The van der Waals surface area contributed by atoms with Gasteiger partial charge in [-0.3, -0.25) is 0 Å². The number of aryl methyl sites for hydroxylation is 2. The number of thiazole rings is 1. The highest BCUT2D eigenvalue weighted by Crippen LogP contribution is 2.27. The second kappa shape index (κ2) is 5.03. The van der Waals surface area contributed by atoms with Crippen molar-refractivity contribution in [2.75, 3.05) is 5.32 Å². The van der Waals surface area contributed by atoms with Gasteiger partial charge in [-0.15, -0.1) is 11.3 Å². The highest BCUT2D eigenvalue weighted by atomic mass is 32.1. The Morgan fingerprint density at radius 2 is 1.82 bits per heavy atom. The van der Waals surface area contributed by atoms with Crippen LogP contribution < -0.4 is 5.32 Å². The van der Waals surface area contributed by atoms with E-state index >= 15 is 0 Å².